The fraction of sp³-hybridized carbons (Fsp3) is 0.552. The van der Waals surface area contributed by atoms with Gasteiger partial charge in [-0.2, -0.15) is 0 Å². The molecular weight excluding hydrogens is 523 g/mol. The first kappa shape index (κ1) is 31.3. The molecule has 2 aromatic rings. The highest BCUT2D eigenvalue weighted by atomic mass is 19.1. The topological polar surface area (TPSA) is 150 Å². The van der Waals surface area contributed by atoms with Crippen LogP contribution in [0.2, 0.25) is 0 Å². The van der Waals surface area contributed by atoms with E-state index in [1.54, 1.807) is 0 Å². The molecule has 10 nitrogen and oxygen atoms in total. The zero-order valence-corrected chi connectivity index (χ0v) is 22.7. The van der Waals surface area contributed by atoms with E-state index in [1.165, 1.54) is 22.0 Å². The third kappa shape index (κ3) is 7.07. The number of aliphatic hydroxyl groups excluding tert-OH is 2. The minimum Gasteiger partial charge on any atom is -0.479 e. The van der Waals surface area contributed by atoms with Gasteiger partial charge in [-0.05, 0) is 55.8 Å². The van der Waals surface area contributed by atoms with Gasteiger partial charge in [-0.25, -0.2) is 9.59 Å². The summed E-state index contributed by atoms with van der Waals surface area (Å²) >= 11 is 0. The van der Waals surface area contributed by atoms with Gasteiger partial charge < -0.3 is 29.7 Å². The molecule has 0 amide bonds. The van der Waals surface area contributed by atoms with Crippen LogP contribution in [0.1, 0.15) is 49.7 Å². The molecule has 1 aliphatic heterocycles. The average molecular weight is 563 g/mol. The second-order valence-corrected chi connectivity index (χ2v) is 10.2. The molecule has 11 heteroatoms. The van der Waals surface area contributed by atoms with Crippen molar-refractivity contribution in [3.8, 4) is 0 Å². The van der Waals surface area contributed by atoms with Crippen LogP contribution in [0.4, 0.5) is 4.39 Å². The number of carbonyl (C=O) groups is 3. The Morgan fingerprint density at radius 3 is 2.45 bits per heavy atom. The molecule has 1 aromatic heterocycles. The highest BCUT2D eigenvalue weighted by molar-refractivity contribution is 5.89. The van der Waals surface area contributed by atoms with Gasteiger partial charge >= 0.3 is 17.9 Å². The SMILES string of the molecule is C=CCn1cc2c3c(cccc31)C1C[C@@H](C(=O)OCCCCCF)CN(CC)[C@@H]1C2.O=C(O)C(O)C(O)C(=O)O. The van der Waals surface area contributed by atoms with Crippen LogP contribution in [0.15, 0.2) is 37.1 Å². The summed E-state index contributed by atoms with van der Waals surface area (Å²) in [6, 6.07) is 7.02. The predicted octanol–water partition coefficient (Wildman–Crippen LogP) is 2.74. The largest absolute Gasteiger partial charge is 0.479 e. The minimum absolute atomic E-state index is 0.0886. The summed E-state index contributed by atoms with van der Waals surface area (Å²) in [5.74, 6) is -3.38. The highest BCUT2D eigenvalue weighted by Gasteiger charge is 2.43. The molecule has 1 saturated heterocycles. The molecule has 2 aliphatic rings. The summed E-state index contributed by atoms with van der Waals surface area (Å²) in [7, 11) is 0. The first-order valence-electron chi connectivity index (χ1n) is 13.6. The van der Waals surface area contributed by atoms with Crippen molar-refractivity contribution in [3.05, 3.63) is 48.2 Å². The lowest BCUT2D eigenvalue weighted by Crippen LogP contribution is -2.51. The molecule has 220 valence electrons. The lowest BCUT2D eigenvalue weighted by Gasteiger charge is -2.46. The van der Waals surface area contributed by atoms with Crippen LogP contribution in [0.25, 0.3) is 10.9 Å². The molecule has 1 fully saturated rings. The summed E-state index contributed by atoms with van der Waals surface area (Å²) in [4.78, 5) is 34.8. The molecule has 5 atom stereocenters. The summed E-state index contributed by atoms with van der Waals surface area (Å²) in [5.41, 5.74) is 4.05. The maximum atomic E-state index is 12.8. The van der Waals surface area contributed by atoms with Crippen molar-refractivity contribution in [3.63, 3.8) is 0 Å². The third-order valence-electron chi connectivity index (χ3n) is 7.66. The van der Waals surface area contributed by atoms with E-state index in [0.717, 1.165) is 45.3 Å². The van der Waals surface area contributed by atoms with Gasteiger partial charge in [0.05, 0.1) is 19.2 Å². The zero-order chi connectivity index (χ0) is 29.4. The number of aromatic nitrogens is 1. The van der Waals surface area contributed by atoms with E-state index < -0.39 is 24.1 Å². The van der Waals surface area contributed by atoms with Crippen LogP contribution in [0.3, 0.4) is 0 Å². The second-order valence-electron chi connectivity index (χ2n) is 10.2. The van der Waals surface area contributed by atoms with Crippen molar-refractivity contribution in [2.45, 2.75) is 69.7 Å². The Bertz CT molecular complexity index is 1180. The van der Waals surface area contributed by atoms with Gasteiger partial charge in [-0.15, -0.1) is 6.58 Å². The molecule has 0 spiro atoms. The van der Waals surface area contributed by atoms with Crippen LogP contribution in [-0.4, -0.2) is 92.4 Å². The first-order chi connectivity index (χ1) is 19.1. The Morgan fingerprint density at radius 2 is 1.85 bits per heavy atom. The number of likely N-dealkylation sites (tertiary alicyclic amines) is 1. The van der Waals surface area contributed by atoms with Crippen molar-refractivity contribution < 1.29 is 43.9 Å². The van der Waals surface area contributed by atoms with E-state index >= 15 is 0 Å². The monoisotopic (exact) mass is 562 g/mol. The number of aliphatic hydroxyl groups is 2. The Kier molecular flexibility index (Phi) is 11.2. The van der Waals surface area contributed by atoms with Crippen molar-refractivity contribution in [1.82, 2.24) is 9.47 Å². The summed E-state index contributed by atoms with van der Waals surface area (Å²) in [5, 5.41) is 33.9. The van der Waals surface area contributed by atoms with Crippen LogP contribution in [0, 0.1) is 5.92 Å². The summed E-state index contributed by atoms with van der Waals surface area (Å²) in [6.07, 6.45) is 3.63. The second kappa shape index (κ2) is 14.4. The van der Waals surface area contributed by atoms with Gasteiger partial charge in [0.2, 0.25) is 0 Å². The predicted molar refractivity (Wildman–Crippen MR) is 146 cm³/mol. The number of halogens is 1. The standard InChI is InChI=1S/C25H33FN2O2.C4H6O6/c1-3-12-28-16-18-15-23-21(20-9-8-10-22(28)24(18)20)14-19(17-27(23)4-2)25(29)30-13-7-5-6-11-26;5-1(3(7)8)2(6)4(9)10/h3,8-10,16,19,21,23H,1,4-7,11-15,17H2,2H3;1-2,5-6H,(H,7,8)(H,9,10)/t19-,21?,23-;/m1./s1. The number of carboxylic acid groups (broad SMARTS) is 2. The van der Waals surface area contributed by atoms with Crippen molar-refractivity contribution in [2.24, 2.45) is 5.92 Å². The van der Waals surface area contributed by atoms with Crippen LogP contribution >= 0.6 is 0 Å². The molecule has 0 radical (unpaired) electrons. The number of alkyl halides is 1. The van der Waals surface area contributed by atoms with Gasteiger partial charge in [0.15, 0.2) is 12.2 Å². The molecule has 1 aliphatic carbocycles. The number of rotatable bonds is 12. The number of fused-ring (bicyclic) bond motifs is 2. The van der Waals surface area contributed by atoms with E-state index in [-0.39, 0.29) is 18.6 Å². The van der Waals surface area contributed by atoms with E-state index in [1.807, 2.05) is 6.08 Å². The average Bonchev–Trinajstić information content (AvgIpc) is 3.30. The summed E-state index contributed by atoms with van der Waals surface area (Å²) in [6.45, 7) is 8.69. The van der Waals surface area contributed by atoms with Gasteiger partial charge in [0.1, 0.15) is 0 Å². The lowest BCUT2D eigenvalue weighted by atomic mass is 9.72. The van der Waals surface area contributed by atoms with Crippen molar-refractivity contribution in [2.75, 3.05) is 26.4 Å². The molecule has 0 bridgehead atoms. The molecule has 0 saturated carbocycles. The quantitative estimate of drug-likeness (QED) is 0.174. The number of piperidine rings is 1. The molecule has 4 N–H and O–H groups in total. The highest BCUT2D eigenvalue weighted by Crippen LogP contribution is 2.45. The van der Waals surface area contributed by atoms with Gasteiger partial charge in [0.25, 0.3) is 0 Å². The number of hydrogen-bond donors (Lipinski definition) is 4. The number of ether oxygens (including phenoxy) is 1. The summed E-state index contributed by atoms with van der Waals surface area (Å²) < 4.78 is 20.1. The van der Waals surface area contributed by atoms with Gasteiger partial charge in [-0.1, -0.05) is 25.1 Å². The molecule has 3 unspecified atom stereocenters. The van der Waals surface area contributed by atoms with Crippen LogP contribution in [-0.2, 0) is 32.1 Å². The number of allylic oxidation sites excluding steroid dienone is 1. The number of likely N-dealkylation sites (N-methyl/N-ethyl adjacent to an activating group) is 1. The molecule has 1 aromatic carbocycles. The Morgan fingerprint density at radius 1 is 1.15 bits per heavy atom. The fourth-order valence-corrected chi connectivity index (χ4v) is 5.73. The smallest absolute Gasteiger partial charge is 0.335 e. The fourth-order valence-electron chi connectivity index (χ4n) is 5.73. The van der Waals surface area contributed by atoms with E-state index in [0.29, 0.717) is 25.0 Å². The molecule has 4 rings (SSSR count). The maximum absolute atomic E-state index is 12.8. The normalized spacial score (nSPS) is 21.4. The number of aliphatic carboxylic acids is 2. The lowest BCUT2D eigenvalue weighted by molar-refractivity contribution is -0.165. The number of unbranched alkanes of at least 4 members (excludes halogenated alkanes) is 2. The minimum atomic E-state index is -2.27. The molecule has 40 heavy (non-hydrogen) atoms. The van der Waals surface area contributed by atoms with E-state index in [9.17, 15) is 18.8 Å². The number of benzene rings is 1. The number of carbonyl (C=O) groups excluding carboxylic acids is 1. The number of carboxylic acids is 2. The van der Waals surface area contributed by atoms with Crippen LogP contribution in [0.5, 0.6) is 0 Å². The molecular formula is C29H39FN2O8. The van der Waals surface area contributed by atoms with Crippen molar-refractivity contribution >= 4 is 28.8 Å². The van der Waals surface area contributed by atoms with Crippen LogP contribution < -0.4 is 0 Å². The number of hydrogen-bond acceptors (Lipinski definition) is 7. The van der Waals surface area contributed by atoms with Gasteiger partial charge in [-0.3, -0.25) is 14.1 Å². The Labute approximate surface area is 232 Å². The number of nitrogens with zero attached hydrogens (tertiary/aromatic N) is 2. The number of esters is 1. The third-order valence-corrected chi connectivity index (χ3v) is 7.66. The molecule has 2 heterocycles. The Balaban J connectivity index is 0.000000378. The van der Waals surface area contributed by atoms with Gasteiger partial charge in [0, 0.05) is 42.1 Å². The first-order valence-corrected chi connectivity index (χ1v) is 13.6. The Hall–Kier alpha value is -3.28. The maximum Gasteiger partial charge on any atom is 0.335 e. The zero-order valence-electron chi connectivity index (χ0n) is 22.7. The van der Waals surface area contributed by atoms with E-state index in [4.69, 9.17) is 25.2 Å². The van der Waals surface area contributed by atoms with E-state index in [2.05, 4.69) is 47.4 Å². The van der Waals surface area contributed by atoms with Crippen molar-refractivity contribution in [1.29, 1.82) is 0 Å².